The zero-order chi connectivity index (χ0) is 15.4. The average Bonchev–Trinajstić information content (AvgIpc) is 3.20. The van der Waals surface area contributed by atoms with Crippen molar-refractivity contribution < 1.29 is 9.90 Å². The molecule has 2 aliphatic rings. The van der Waals surface area contributed by atoms with E-state index in [2.05, 4.69) is 34.5 Å². The van der Waals surface area contributed by atoms with Crippen molar-refractivity contribution in [1.82, 2.24) is 10.2 Å². The van der Waals surface area contributed by atoms with Crippen molar-refractivity contribution in [2.24, 2.45) is 5.92 Å². The van der Waals surface area contributed by atoms with Gasteiger partial charge >= 0.3 is 0 Å². The molecule has 1 heterocycles. The maximum Gasteiger partial charge on any atom is 0.225 e. The summed E-state index contributed by atoms with van der Waals surface area (Å²) in [4.78, 5) is 14.8. The molecule has 0 aromatic heterocycles. The van der Waals surface area contributed by atoms with E-state index in [-0.39, 0.29) is 17.9 Å². The van der Waals surface area contributed by atoms with Gasteiger partial charge < -0.3 is 10.4 Å². The first-order valence-corrected chi connectivity index (χ1v) is 8.50. The van der Waals surface area contributed by atoms with Gasteiger partial charge in [-0.1, -0.05) is 30.3 Å². The van der Waals surface area contributed by atoms with Crippen LogP contribution in [0.2, 0.25) is 0 Å². The van der Waals surface area contributed by atoms with Gasteiger partial charge in [-0.2, -0.15) is 0 Å². The number of carbonyl (C=O) groups excluding carboxylic acids is 1. The Bertz CT molecular complexity index is 485. The van der Waals surface area contributed by atoms with Crippen LogP contribution >= 0.6 is 0 Å². The number of aliphatic hydroxyl groups excluding tert-OH is 1. The number of nitrogens with one attached hydrogen (secondary N) is 1. The summed E-state index contributed by atoms with van der Waals surface area (Å²) < 4.78 is 0. The lowest BCUT2D eigenvalue weighted by Crippen LogP contribution is -2.40. The van der Waals surface area contributed by atoms with Gasteiger partial charge in [0.25, 0.3) is 0 Å². The fraction of sp³-hybridized carbons (Fsp3) is 0.611. The van der Waals surface area contributed by atoms with Crippen LogP contribution in [0.5, 0.6) is 0 Å². The van der Waals surface area contributed by atoms with Crippen LogP contribution in [-0.2, 0) is 4.79 Å². The van der Waals surface area contributed by atoms with Crippen LogP contribution in [0.3, 0.4) is 0 Å². The largest absolute Gasteiger partial charge is 0.392 e. The number of carbonyl (C=O) groups is 1. The molecule has 2 fully saturated rings. The molecule has 2 N–H and O–H groups in total. The first kappa shape index (κ1) is 15.5. The van der Waals surface area contributed by atoms with Gasteiger partial charge in [-0.15, -0.1) is 0 Å². The van der Waals surface area contributed by atoms with Gasteiger partial charge in [0.1, 0.15) is 0 Å². The number of benzene rings is 1. The zero-order valence-corrected chi connectivity index (χ0v) is 13.1. The molecule has 0 spiro atoms. The Morgan fingerprint density at radius 1 is 1.18 bits per heavy atom. The van der Waals surface area contributed by atoms with E-state index in [0.29, 0.717) is 6.54 Å². The molecule has 120 valence electrons. The standard InChI is InChI=1S/C18H26N2O2/c21-17-10-6-9-15(17)18(22)19-13-16(20-11-4-5-12-20)14-7-2-1-3-8-14/h1-3,7-8,15-17,21H,4-6,9-13H2,(H,19,22). The lowest BCUT2D eigenvalue weighted by Gasteiger charge is -2.29. The molecule has 1 aliphatic heterocycles. The predicted octanol–water partition coefficient (Wildman–Crippen LogP) is 2.10. The molecule has 1 aliphatic carbocycles. The minimum atomic E-state index is -0.457. The summed E-state index contributed by atoms with van der Waals surface area (Å²) in [6, 6.07) is 10.7. The van der Waals surface area contributed by atoms with E-state index in [9.17, 15) is 9.90 Å². The zero-order valence-electron chi connectivity index (χ0n) is 13.1. The van der Waals surface area contributed by atoms with Gasteiger partial charge in [0.15, 0.2) is 0 Å². The summed E-state index contributed by atoms with van der Waals surface area (Å²) in [7, 11) is 0. The van der Waals surface area contributed by atoms with Crippen molar-refractivity contribution in [3.05, 3.63) is 35.9 Å². The molecule has 3 atom stereocenters. The SMILES string of the molecule is O=C(NCC(c1ccccc1)N1CCCC1)C1CCCC1O. The summed E-state index contributed by atoms with van der Waals surface area (Å²) >= 11 is 0. The second-order valence-electron chi connectivity index (χ2n) is 6.52. The van der Waals surface area contributed by atoms with Crippen molar-refractivity contribution in [1.29, 1.82) is 0 Å². The molecule has 1 aromatic carbocycles. The molecular formula is C18H26N2O2. The van der Waals surface area contributed by atoms with Crippen LogP contribution in [0, 0.1) is 5.92 Å². The van der Waals surface area contributed by atoms with E-state index in [4.69, 9.17) is 0 Å². The fourth-order valence-electron chi connectivity index (χ4n) is 3.76. The third-order valence-electron chi connectivity index (χ3n) is 5.05. The highest BCUT2D eigenvalue weighted by Crippen LogP contribution is 2.27. The first-order chi connectivity index (χ1) is 10.8. The third kappa shape index (κ3) is 3.50. The Morgan fingerprint density at radius 3 is 2.55 bits per heavy atom. The molecule has 22 heavy (non-hydrogen) atoms. The Balaban J connectivity index is 1.64. The Hall–Kier alpha value is -1.39. The van der Waals surface area contributed by atoms with Crippen molar-refractivity contribution in [2.75, 3.05) is 19.6 Å². The highest BCUT2D eigenvalue weighted by atomic mass is 16.3. The van der Waals surface area contributed by atoms with Crippen LogP contribution in [0.1, 0.15) is 43.7 Å². The van der Waals surface area contributed by atoms with Crippen molar-refractivity contribution in [3.8, 4) is 0 Å². The molecule has 3 rings (SSSR count). The normalized spacial score (nSPS) is 27.0. The number of hydrogen-bond donors (Lipinski definition) is 2. The summed E-state index contributed by atoms with van der Waals surface area (Å²) in [5.74, 6) is -0.194. The van der Waals surface area contributed by atoms with Crippen LogP contribution in [0.15, 0.2) is 30.3 Å². The number of amides is 1. The van der Waals surface area contributed by atoms with Crippen LogP contribution in [0.25, 0.3) is 0 Å². The van der Waals surface area contributed by atoms with Crippen molar-refractivity contribution in [3.63, 3.8) is 0 Å². The lowest BCUT2D eigenvalue weighted by atomic mass is 10.0. The summed E-state index contributed by atoms with van der Waals surface area (Å²) in [6.45, 7) is 2.83. The summed E-state index contributed by atoms with van der Waals surface area (Å²) in [6.07, 6.45) is 4.53. The van der Waals surface area contributed by atoms with E-state index < -0.39 is 6.10 Å². The minimum absolute atomic E-state index is 0.0186. The van der Waals surface area contributed by atoms with E-state index >= 15 is 0 Å². The van der Waals surface area contributed by atoms with Gasteiger partial charge in [-0.25, -0.2) is 0 Å². The average molecular weight is 302 g/mol. The molecule has 4 nitrogen and oxygen atoms in total. The Morgan fingerprint density at radius 2 is 1.91 bits per heavy atom. The number of hydrogen-bond acceptors (Lipinski definition) is 3. The Labute approximate surface area is 132 Å². The van der Waals surface area contributed by atoms with Gasteiger partial charge in [-0.05, 0) is 50.8 Å². The molecule has 1 aromatic rings. The molecular weight excluding hydrogens is 276 g/mol. The lowest BCUT2D eigenvalue weighted by molar-refractivity contribution is -0.127. The number of rotatable bonds is 5. The minimum Gasteiger partial charge on any atom is -0.392 e. The number of likely N-dealkylation sites (tertiary alicyclic amines) is 1. The van der Waals surface area contributed by atoms with E-state index in [1.165, 1.54) is 18.4 Å². The van der Waals surface area contributed by atoms with E-state index in [1.807, 2.05) is 6.07 Å². The fourth-order valence-corrected chi connectivity index (χ4v) is 3.76. The second-order valence-corrected chi connectivity index (χ2v) is 6.52. The van der Waals surface area contributed by atoms with Gasteiger partial charge in [0, 0.05) is 6.54 Å². The number of nitrogens with zero attached hydrogens (tertiary/aromatic N) is 1. The van der Waals surface area contributed by atoms with Crippen molar-refractivity contribution in [2.45, 2.75) is 44.2 Å². The Kier molecular flexibility index (Phi) is 5.11. The van der Waals surface area contributed by atoms with Crippen LogP contribution in [-0.4, -0.2) is 41.7 Å². The van der Waals surface area contributed by atoms with Gasteiger partial charge in [0.2, 0.25) is 5.91 Å². The highest BCUT2D eigenvalue weighted by molar-refractivity contribution is 5.79. The van der Waals surface area contributed by atoms with Gasteiger partial charge in [-0.3, -0.25) is 9.69 Å². The summed E-state index contributed by atoms with van der Waals surface area (Å²) in [5.41, 5.74) is 1.26. The van der Waals surface area contributed by atoms with Crippen LogP contribution < -0.4 is 5.32 Å². The number of aliphatic hydroxyl groups is 1. The smallest absolute Gasteiger partial charge is 0.225 e. The topological polar surface area (TPSA) is 52.6 Å². The second kappa shape index (κ2) is 7.25. The van der Waals surface area contributed by atoms with Gasteiger partial charge in [0.05, 0.1) is 18.1 Å². The monoisotopic (exact) mass is 302 g/mol. The highest BCUT2D eigenvalue weighted by Gasteiger charge is 2.32. The molecule has 1 amide bonds. The molecule has 0 bridgehead atoms. The molecule has 0 radical (unpaired) electrons. The third-order valence-corrected chi connectivity index (χ3v) is 5.05. The molecule has 1 saturated heterocycles. The van der Waals surface area contributed by atoms with Crippen LogP contribution in [0.4, 0.5) is 0 Å². The van der Waals surface area contributed by atoms with E-state index in [1.54, 1.807) is 0 Å². The summed E-state index contributed by atoms with van der Waals surface area (Å²) in [5, 5.41) is 13.0. The quantitative estimate of drug-likeness (QED) is 0.876. The maximum atomic E-state index is 12.3. The van der Waals surface area contributed by atoms with E-state index in [0.717, 1.165) is 32.4 Å². The molecule has 3 unspecified atom stereocenters. The maximum absolute atomic E-state index is 12.3. The van der Waals surface area contributed by atoms with Crippen molar-refractivity contribution >= 4 is 5.91 Å². The molecule has 4 heteroatoms. The first-order valence-electron chi connectivity index (χ1n) is 8.50. The molecule has 1 saturated carbocycles. The predicted molar refractivity (Wildman–Crippen MR) is 86.3 cm³/mol.